The van der Waals surface area contributed by atoms with Gasteiger partial charge in [-0.1, -0.05) is 46.3 Å². The Morgan fingerprint density at radius 3 is 2.48 bits per heavy atom. The van der Waals surface area contributed by atoms with Gasteiger partial charge in [0.1, 0.15) is 11.6 Å². The van der Waals surface area contributed by atoms with Crippen molar-refractivity contribution in [3.05, 3.63) is 94.0 Å². The van der Waals surface area contributed by atoms with Gasteiger partial charge < -0.3 is 14.7 Å². The first-order chi connectivity index (χ1) is 14.2. The number of hydrogen-bond acceptors (Lipinski definition) is 4. The van der Waals surface area contributed by atoms with Crippen LogP contribution in [0.1, 0.15) is 29.2 Å². The summed E-state index contributed by atoms with van der Waals surface area (Å²) >= 11 is 3.62. The number of fused-ring (bicyclic) bond motifs is 1. The zero-order chi connectivity index (χ0) is 20.2. The van der Waals surface area contributed by atoms with E-state index in [1.165, 1.54) is 5.56 Å². The molecular formula is C24H23BrN2O2. The summed E-state index contributed by atoms with van der Waals surface area (Å²) in [6, 6.07) is 24.7. The number of aliphatic imine (C=N–C) groups is 1. The molecule has 0 spiro atoms. The highest BCUT2D eigenvalue weighted by Crippen LogP contribution is 2.41. The predicted molar refractivity (Wildman–Crippen MR) is 120 cm³/mol. The molecule has 0 aliphatic carbocycles. The second-order valence-electron chi connectivity index (χ2n) is 6.95. The van der Waals surface area contributed by atoms with Crippen LogP contribution in [0.25, 0.3) is 0 Å². The van der Waals surface area contributed by atoms with E-state index in [4.69, 9.17) is 9.73 Å². The molecule has 0 saturated carbocycles. The molecule has 4 nitrogen and oxygen atoms in total. The van der Waals surface area contributed by atoms with Crippen LogP contribution < -0.4 is 4.74 Å². The van der Waals surface area contributed by atoms with E-state index in [2.05, 4.69) is 57.2 Å². The number of hydrogen-bond donors (Lipinski definition) is 1. The third kappa shape index (κ3) is 4.07. The molecule has 148 valence electrons. The molecule has 1 N–H and O–H groups in total. The van der Waals surface area contributed by atoms with Crippen molar-refractivity contribution in [2.75, 3.05) is 20.3 Å². The average molecular weight is 451 g/mol. The molecular weight excluding hydrogens is 428 g/mol. The Bertz CT molecular complexity index is 1000. The molecule has 3 aromatic carbocycles. The van der Waals surface area contributed by atoms with Gasteiger partial charge in [0, 0.05) is 28.8 Å². The van der Waals surface area contributed by atoms with Crippen LogP contribution in [-0.2, 0) is 0 Å². The highest BCUT2D eigenvalue weighted by atomic mass is 79.9. The number of aliphatic hydroxyl groups excluding tert-OH is 1. The van der Waals surface area contributed by atoms with E-state index in [0.29, 0.717) is 13.0 Å². The lowest BCUT2D eigenvalue weighted by atomic mass is 9.92. The third-order valence-electron chi connectivity index (χ3n) is 5.11. The number of amidine groups is 1. The maximum Gasteiger partial charge on any atom is 0.137 e. The summed E-state index contributed by atoms with van der Waals surface area (Å²) in [5.41, 5.74) is 4.35. The molecule has 0 saturated heterocycles. The largest absolute Gasteiger partial charge is 0.497 e. The Hall–Kier alpha value is -2.63. The summed E-state index contributed by atoms with van der Waals surface area (Å²) in [4.78, 5) is 7.32. The monoisotopic (exact) mass is 450 g/mol. The van der Waals surface area contributed by atoms with Gasteiger partial charge in [0.25, 0.3) is 0 Å². The summed E-state index contributed by atoms with van der Waals surface area (Å²) in [6.07, 6.45) is 0.668. The Morgan fingerprint density at radius 1 is 1.03 bits per heavy atom. The van der Waals surface area contributed by atoms with Gasteiger partial charge in [0.05, 0.1) is 18.8 Å². The fraction of sp³-hybridized carbons (Fsp3) is 0.208. The van der Waals surface area contributed by atoms with Crippen LogP contribution in [0, 0.1) is 0 Å². The van der Waals surface area contributed by atoms with E-state index in [1.807, 2.05) is 36.4 Å². The van der Waals surface area contributed by atoms with Crippen molar-refractivity contribution in [2.45, 2.75) is 12.5 Å². The lowest BCUT2D eigenvalue weighted by Gasteiger charge is -2.39. The number of ether oxygens (including phenoxy) is 1. The molecule has 0 aromatic heterocycles. The maximum absolute atomic E-state index is 9.53. The normalized spacial score (nSPS) is 15.6. The molecule has 0 fully saturated rings. The first-order valence-corrected chi connectivity index (χ1v) is 10.5. The molecule has 1 atom stereocenters. The fourth-order valence-corrected chi connectivity index (χ4v) is 4.13. The Kier molecular flexibility index (Phi) is 5.97. The lowest BCUT2D eigenvalue weighted by molar-refractivity contribution is 0.254. The minimum atomic E-state index is 0.0184. The van der Waals surface area contributed by atoms with E-state index >= 15 is 0 Å². The maximum atomic E-state index is 9.53. The molecule has 0 amide bonds. The number of rotatable bonds is 6. The van der Waals surface area contributed by atoms with E-state index in [0.717, 1.165) is 32.9 Å². The lowest BCUT2D eigenvalue weighted by Crippen LogP contribution is -2.39. The second kappa shape index (κ2) is 8.80. The topological polar surface area (TPSA) is 45.1 Å². The summed E-state index contributed by atoms with van der Waals surface area (Å²) in [5, 5.41) is 9.53. The van der Waals surface area contributed by atoms with Crippen LogP contribution in [0.4, 0.5) is 5.69 Å². The van der Waals surface area contributed by atoms with Gasteiger partial charge in [-0.05, 0) is 54.4 Å². The van der Waals surface area contributed by atoms with Gasteiger partial charge in [-0.3, -0.25) is 0 Å². The van der Waals surface area contributed by atoms with E-state index < -0.39 is 0 Å². The summed E-state index contributed by atoms with van der Waals surface area (Å²) < 4.78 is 6.35. The van der Waals surface area contributed by atoms with Crippen molar-refractivity contribution in [1.29, 1.82) is 0 Å². The van der Waals surface area contributed by atoms with E-state index in [9.17, 15) is 5.11 Å². The first-order valence-electron chi connectivity index (χ1n) is 9.66. The van der Waals surface area contributed by atoms with Crippen molar-refractivity contribution in [3.8, 4) is 5.75 Å². The summed E-state index contributed by atoms with van der Waals surface area (Å²) in [6.45, 7) is 0.839. The molecule has 1 heterocycles. The Balaban J connectivity index is 1.89. The van der Waals surface area contributed by atoms with Gasteiger partial charge in [0.15, 0.2) is 0 Å². The molecule has 3 aromatic rings. The fourth-order valence-electron chi connectivity index (χ4n) is 3.76. The van der Waals surface area contributed by atoms with Crippen LogP contribution in [0.15, 0.2) is 82.3 Å². The van der Waals surface area contributed by atoms with E-state index in [-0.39, 0.29) is 12.6 Å². The number of nitrogens with zero attached hydrogens (tertiary/aromatic N) is 2. The third-order valence-corrected chi connectivity index (χ3v) is 5.61. The van der Waals surface area contributed by atoms with Crippen LogP contribution in [0.3, 0.4) is 0 Å². The number of halogens is 1. The number of benzene rings is 3. The van der Waals surface area contributed by atoms with Crippen LogP contribution >= 0.6 is 15.9 Å². The molecule has 1 aliphatic rings. The zero-order valence-electron chi connectivity index (χ0n) is 16.3. The van der Waals surface area contributed by atoms with Gasteiger partial charge in [-0.15, -0.1) is 0 Å². The van der Waals surface area contributed by atoms with Crippen LogP contribution in [0.5, 0.6) is 5.75 Å². The first kappa shape index (κ1) is 19.7. The SMILES string of the molecule is COc1ccc(C2=Nc3ccc(Br)cc3C(c3ccccc3)N2CCCO)cc1. The highest BCUT2D eigenvalue weighted by Gasteiger charge is 2.31. The Morgan fingerprint density at radius 2 is 1.79 bits per heavy atom. The van der Waals surface area contributed by atoms with Gasteiger partial charge >= 0.3 is 0 Å². The van der Waals surface area contributed by atoms with Crippen molar-refractivity contribution in [3.63, 3.8) is 0 Å². The highest BCUT2D eigenvalue weighted by molar-refractivity contribution is 9.10. The van der Waals surface area contributed by atoms with Gasteiger partial charge in [0.2, 0.25) is 0 Å². The minimum Gasteiger partial charge on any atom is -0.497 e. The molecule has 4 rings (SSSR count). The second-order valence-corrected chi connectivity index (χ2v) is 7.87. The minimum absolute atomic E-state index is 0.0184. The van der Waals surface area contributed by atoms with Crippen molar-refractivity contribution < 1.29 is 9.84 Å². The number of methoxy groups -OCH3 is 1. The molecule has 5 heteroatoms. The average Bonchev–Trinajstić information content (AvgIpc) is 2.77. The summed E-state index contributed by atoms with van der Waals surface area (Å²) in [5.74, 6) is 1.72. The van der Waals surface area contributed by atoms with Crippen LogP contribution in [-0.4, -0.2) is 36.1 Å². The standard InChI is InChI=1S/C24H23BrN2O2/c1-29-20-11-8-18(9-12-20)24-26-22-13-10-19(25)16-21(22)23(27(24)14-5-15-28)17-6-3-2-4-7-17/h2-4,6-13,16,23,28H,5,14-15H2,1H3. The van der Waals surface area contributed by atoms with Crippen LogP contribution in [0.2, 0.25) is 0 Å². The summed E-state index contributed by atoms with van der Waals surface area (Å²) in [7, 11) is 1.67. The quantitative estimate of drug-likeness (QED) is 0.552. The van der Waals surface area contributed by atoms with Gasteiger partial charge in [-0.25, -0.2) is 4.99 Å². The zero-order valence-corrected chi connectivity index (χ0v) is 17.8. The molecule has 0 bridgehead atoms. The molecule has 0 radical (unpaired) electrons. The van der Waals surface area contributed by atoms with Crippen molar-refractivity contribution >= 4 is 27.5 Å². The number of aliphatic hydroxyl groups is 1. The van der Waals surface area contributed by atoms with Gasteiger partial charge in [-0.2, -0.15) is 0 Å². The Labute approximate surface area is 179 Å². The molecule has 1 aliphatic heterocycles. The van der Waals surface area contributed by atoms with Crippen molar-refractivity contribution in [2.24, 2.45) is 4.99 Å². The molecule has 29 heavy (non-hydrogen) atoms. The van der Waals surface area contributed by atoms with Crippen molar-refractivity contribution in [1.82, 2.24) is 4.90 Å². The van der Waals surface area contributed by atoms with E-state index in [1.54, 1.807) is 7.11 Å². The molecule has 1 unspecified atom stereocenters. The smallest absolute Gasteiger partial charge is 0.137 e. The predicted octanol–water partition coefficient (Wildman–Crippen LogP) is 5.32.